The van der Waals surface area contributed by atoms with E-state index >= 15 is 0 Å². The predicted molar refractivity (Wildman–Crippen MR) is 401 cm³/mol. The van der Waals surface area contributed by atoms with Crippen LogP contribution in [0.2, 0.25) is 0 Å². The largest absolute Gasteiger partial charge is 0.508 e. The maximum absolute atomic E-state index is 13.3. The number of phenolic OH excluding ortho intramolecular Hbond substituents is 3. The van der Waals surface area contributed by atoms with Crippen LogP contribution in [0, 0.1) is 27.7 Å². The van der Waals surface area contributed by atoms with E-state index in [0.717, 1.165) is 31.2 Å². The lowest BCUT2D eigenvalue weighted by Gasteiger charge is -2.07. The van der Waals surface area contributed by atoms with Gasteiger partial charge in [0.2, 0.25) is 0 Å². The Bertz CT molecular complexity index is 5270. The summed E-state index contributed by atoms with van der Waals surface area (Å²) in [6, 6.07) is 8.36. The normalized spacial score (nSPS) is 12.8. The summed E-state index contributed by atoms with van der Waals surface area (Å²) < 4.78 is 116. The van der Waals surface area contributed by atoms with Crippen molar-refractivity contribution in [1.29, 1.82) is 0 Å². The van der Waals surface area contributed by atoms with E-state index in [4.69, 9.17) is 32.7 Å². The van der Waals surface area contributed by atoms with Crippen LogP contribution in [0.15, 0.2) is 168 Å². The number of rotatable bonds is 17. The number of ketones is 4. The number of phenols is 4. The average Bonchev–Trinajstić information content (AvgIpc) is 1.63. The third-order valence-corrected chi connectivity index (χ3v) is 21.6. The Kier molecular flexibility index (Phi) is 20.5. The third-order valence-electron chi connectivity index (χ3n) is 15.0. The predicted octanol–water partition coefficient (Wildman–Crippen LogP) is 18.4. The average molecular weight is 1860 g/mol. The van der Waals surface area contributed by atoms with Gasteiger partial charge in [0.05, 0.1) is 70.4 Å². The minimum absolute atomic E-state index is 0.00193. The van der Waals surface area contributed by atoms with Crippen molar-refractivity contribution in [2.45, 2.75) is 60.0 Å². The number of hydrogen-bond donors (Lipinski definition) is 9. The number of carbonyl (C=O) groups is 4. The van der Waals surface area contributed by atoms with Crippen molar-refractivity contribution in [2.75, 3.05) is 26.4 Å². The maximum Gasteiger partial charge on any atom is 0.197 e. The molecule has 0 saturated carbocycles. The molecule has 0 amide bonds. The molecule has 0 radical (unpaired) electrons. The molecule has 0 saturated heterocycles. The fourth-order valence-corrected chi connectivity index (χ4v) is 14.5. The van der Waals surface area contributed by atoms with Gasteiger partial charge in [-0.1, -0.05) is 146 Å². The topological polar surface area (TPSA) is 303 Å². The summed E-state index contributed by atoms with van der Waals surface area (Å²) in [4.78, 5) is 53.0. The fraction of sp³-hybridized carbons (Fsp3) is 0.178. The van der Waals surface area contributed by atoms with Crippen LogP contribution in [-0.4, -0.2) is 95.5 Å². The number of aliphatic hydroxyl groups is 5. The van der Waals surface area contributed by atoms with Crippen LogP contribution >= 0.6 is 127 Å². The van der Waals surface area contributed by atoms with Crippen molar-refractivity contribution < 1.29 is 97.9 Å². The van der Waals surface area contributed by atoms with Gasteiger partial charge in [0, 0.05) is 123 Å². The molecule has 98 heavy (non-hydrogen) atoms. The SMILES string of the molecule is [2H]c1c(CO)c(O)c([2H])c2c(C(=O)c3cc(Br)c(C)c(Br)c3)c(CCO)oc12.[2H]c1c(O)c(O)c([2H])c2c(C(=O)c3cc(Br)c(C)c(Br)c3)c(CCO)oc12.[2H]c1c(O)c([2H])c2oc(CCO)c(C(=O)c3cc(Br)c(C)c(Br)c3)c2c1[2H].[2H]c1c([2H])c([2H])c2c(C(=O)c3cc(Br)c(C)c(Br)c3)c(CCO)oc2c1[2H]. The van der Waals surface area contributed by atoms with E-state index in [1.165, 1.54) is 0 Å². The van der Waals surface area contributed by atoms with E-state index < -0.39 is 101 Å². The number of furan rings is 4. The Hall–Kier alpha value is -6.56. The zero-order valence-corrected chi connectivity index (χ0v) is 64.0. The summed E-state index contributed by atoms with van der Waals surface area (Å²) in [7, 11) is 0. The first-order valence-electron chi connectivity index (χ1n) is 34.3. The smallest absolute Gasteiger partial charge is 0.197 e. The van der Waals surface area contributed by atoms with E-state index in [1.807, 2.05) is 27.7 Å². The van der Waals surface area contributed by atoms with Gasteiger partial charge >= 0.3 is 0 Å². The summed E-state index contributed by atoms with van der Waals surface area (Å²) in [5, 5.41) is 86.6. The highest BCUT2D eigenvalue weighted by Gasteiger charge is 2.29. The second kappa shape index (κ2) is 32.8. The second-order valence-corrected chi connectivity index (χ2v) is 28.1. The molecule has 4 aromatic heterocycles. The first-order valence-corrected chi connectivity index (χ1v) is 35.2. The number of halogens is 8. The van der Waals surface area contributed by atoms with Gasteiger partial charge in [0.25, 0.3) is 0 Å². The van der Waals surface area contributed by atoms with Crippen LogP contribution in [0.4, 0.5) is 0 Å². The molecule has 508 valence electrons. The Morgan fingerprint density at radius 2 is 0.643 bits per heavy atom. The molecule has 17 nitrogen and oxygen atoms in total. The highest BCUT2D eigenvalue weighted by Crippen LogP contribution is 2.41. The van der Waals surface area contributed by atoms with E-state index in [1.54, 1.807) is 48.5 Å². The molecule has 12 aromatic rings. The molecular weight excluding hydrogens is 1790 g/mol. The summed E-state index contributed by atoms with van der Waals surface area (Å²) in [5.74, 6) is -4.27. The molecule has 0 atom stereocenters. The zero-order chi connectivity index (χ0) is 80.9. The van der Waals surface area contributed by atoms with Crippen LogP contribution in [0.25, 0.3) is 43.9 Å². The monoisotopic (exact) mass is 1850 g/mol. The molecule has 4 heterocycles. The molecule has 0 bridgehead atoms. The Labute approximate surface area is 642 Å². The Balaban J connectivity index is 0.000000167. The molecule has 0 spiro atoms. The van der Waals surface area contributed by atoms with Gasteiger partial charge in [-0.3, -0.25) is 19.2 Å². The molecule has 9 N–H and O–H groups in total. The van der Waals surface area contributed by atoms with Gasteiger partial charge in [0.15, 0.2) is 34.6 Å². The van der Waals surface area contributed by atoms with Gasteiger partial charge in [-0.25, -0.2) is 0 Å². The number of aromatic hydroxyl groups is 4. The van der Waals surface area contributed by atoms with Gasteiger partial charge in [-0.2, -0.15) is 0 Å². The van der Waals surface area contributed by atoms with Crippen LogP contribution in [0.3, 0.4) is 0 Å². The number of para-hydroxylation sites is 1. The molecule has 0 aliphatic rings. The molecule has 0 aliphatic heterocycles. The maximum atomic E-state index is 13.3. The number of hydrogen-bond acceptors (Lipinski definition) is 17. The highest BCUT2D eigenvalue weighted by molar-refractivity contribution is 9.12. The second-order valence-electron chi connectivity index (χ2n) is 21.3. The fourth-order valence-electron chi connectivity index (χ4n) is 9.79. The standard InChI is InChI=1S/C19H16Br2O5.C18H14Br2O5.C18H14Br2O4.C18H14Br2O3/c1-9-13(20)4-10(5-14(9)21)19(25)18-12-7-15(24)11(8-23)6-17(12)26-16(18)2-3-22;1-8-11(19)4-9(5-12(8)20)18(24)17-10-6-13(22)14(23)7-16(10)25-15(17)2-3-21;1-9-13(19)6-10(7-14(9)20)18(23)17-12-3-2-11(22)8-16(12)24-15(17)4-5-21;1-10-13(19)8-11(9-14(10)20)18(22)17-12-4-2-3-5-15(12)23-16(17)6-7-21/h4-7,22-24H,2-3,8H2,1H3;4-7,21-23H,2-3H2,1H3;2-3,6-8,21-22H,4-5H2,1H3;2-5,8-9,21H,6-7H2,1H3/i2*6D,7D;2D,3D,8D;2D,3D,4D,5D. The lowest BCUT2D eigenvalue weighted by Crippen LogP contribution is -2.06. The quantitative estimate of drug-likeness (QED) is 0.0302. The third kappa shape index (κ3) is 16.3. The number of benzene rings is 8. The first-order chi connectivity index (χ1) is 51.3. The van der Waals surface area contributed by atoms with E-state index in [-0.39, 0.29) is 165 Å². The van der Waals surface area contributed by atoms with Crippen molar-refractivity contribution in [3.05, 3.63) is 246 Å². The number of aliphatic hydroxyl groups excluding tert-OH is 5. The van der Waals surface area contributed by atoms with Gasteiger partial charge in [-0.15, -0.1) is 0 Å². The molecule has 25 heteroatoms. The van der Waals surface area contributed by atoms with Crippen molar-refractivity contribution in [3.8, 4) is 23.0 Å². The summed E-state index contributed by atoms with van der Waals surface area (Å²) in [5.41, 5.74) is 4.29. The summed E-state index contributed by atoms with van der Waals surface area (Å²) in [6.45, 7) is 5.62. The first kappa shape index (κ1) is 61.3. The lowest BCUT2D eigenvalue weighted by molar-refractivity contribution is 0.102. The molecule has 0 aliphatic carbocycles. The molecule has 8 aromatic carbocycles. The zero-order valence-electron chi connectivity index (χ0n) is 62.3. The van der Waals surface area contributed by atoms with Crippen molar-refractivity contribution >= 4 is 194 Å². The molecular formula is C73H58Br8O17. The van der Waals surface area contributed by atoms with Crippen LogP contribution in [0.5, 0.6) is 23.0 Å². The van der Waals surface area contributed by atoms with E-state index in [0.29, 0.717) is 49.1 Å². The molecule has 0 unspecified atom stereocenters. The van der Waals surface area contributed by atoms with Gasteiger partial charge in [0.1, 0.15) is 56.9 Å². The van der Waals surface area contributed by atoms with Gasteiger partial charge < -0.3 is 63.6 Å². The highest BCUT2D eigenvalue weighted by atomic mass is 79.9. The van der Waals surface area contributed by atoms with Crippen molar-refractivity contribution in [3.63, 3.8) is 0 Å². The van der Waals surface area contributed by atoms with E-state index in [9.17, 15) is 65.1 Å². The Morgan fingerprint density at radius 3 is 0.990 bits per heavy atom. The van der Waals surface area contributed by atoms with Crippen LogP contribution in [0.1, 0.15) is 130 Å². The molecule has 0 fully saturated rings. The van der Waals surface area contributed by atoms with Crippen molar-refractivity contribution in [1.82, 2.24) is 0 Å². The minimum atomic E-state index is -0.802. The van der Waals surface area contributed by atoms with E-state index in [2.05, 4.69) is 127 Å². The number of carbonyl (C=O) groups excluding carboxylic acids is 4. The van der Waals surface area contributed by atoms with Crippen molar-refractivity contribution in [2.24, 2.45) is 0 Å². The van der Waals surface area contributed by atoms with Gasteiger partial charge in [-0.05, 0) is 135 Å². The summed E-state index contributed by atoms with van der Waals surface area (Å²) >= 11 is 27.2. The minimum Gasteiger partial charge on any atom is -0.508 e. The number of fused-ring (bicyclic) bond motifs is 4. The lowest BCUT2D eigenvalue weighted by atomic mass is 9.97. The van der Waals surface area contributed by atoms with Crippen LogP contribution in [-0.2, 0) is 32.3 Å². The summed E-state index contributed by atoms with van der Waals surface area (Å²) in [6.07, 6.45) is -0.0111. The van der Waals surface area contributed by atoms with Crippen LogP contribution < -0.4 is 0 Å². The Morgan fingerprint density at radius 1 is 0.357 bits per heavy atom. The molecule has 12 rings (SSSR count).